The molecule has 3 aromatic rings. The van der Waals surface area contributed by atoms with E-state index in [4.69, 9.17) is 0 Å². The van der Waals surface area contributed by atoms with Gasteiger partial charge in [-0.1, -0.05) is 0 Å². The van der Waals surface area contributed by atoms with E-state index < -0.39 is 0 Å². The van der Waals surface area contributed by atoms with Crippen LogP contribution in [0.15, 0.2) is 91.0 Å². The van der Waals surface area contributed by atoms with Gasteiger partial charge in [0.15, 0.2) is 0 Å². The van der Waals surface area contributed by atoms with Crippen molar-refractivity contribution in [2.75, 3.05) is 0 Å². The first-order valence-electron chi connectivity index (χ1n) is 8.77. The third-order valence-corrected chi connectivity index (χ3v) is 13.1. The van der Waals surface area contributed by atoms with Crippen molar-refractivity contribution in [2.45, 2.75) is 22.9 Å². The van der Waals surface area contributed by atoms with Gasteiger partial charge in [0.2, 0.25) is 0 Å². The predicted molar refractivity (Wildman–Crippen MR) is 118 cm³/mol. The Hall–Kier alpha value is -0.782. The van der Waals surface area contributed by atoms with Gasteiger partial charge in [0.25, 0.3) is 0 Å². The Bertz CT molecular complexity index is 651. The summed E-state index contributed by atoms with van der Waals surface area (Å²) in [5, 5.41) is 4.02. The van der Waals surface area contributed by atoms with Gasteiger partial charge < -0.3 is 0 Å². The second-order valence-corrected chi connectivity index (χ2v) is 13.2. The van der Waals surface area contributed by atoms with Crippen LogP contribution < -0.4 is 13.4 Å². The molecule has 0 heterocycles. The zero-order valence-electron chi connectivity index (χ0n) is 15.0. The van der Waals surface area contributed by atoms with Gasteiger partial charge in [0.1, 0.15) is 0 Å². The number of hydrogen-bond donors (Lipinski definition) is 0. The van der Waals surface area contributed by atoms with Gasteiger partial charge in [0.05, 0.1) is 0 Å². The van der Waals surface area contributed by atoms with Crippen LogP contribution >= 0.6 is 0 Å². The fraction of sp³-hybridized carbons (Fsp3) is 0.217. The number of benzene rings is 3. The van der Waals surface area contributed by atoms with E-state index >= 15 is 0 Å². The average Bonchev–Trinajstić information content (AvgIpc) is 2.72. The second kappa shape index (κ2) is 10.5. The van der Waals surface area contributed by atoms with Crippen LogP contribution in [0.2, 0.25) is 16.0 Å². The molecule has 0 radical (unpaired) electrons. The van der Waals surface area contributed by atoms with E-state index in [1.54, 1.807) is 0 Å². The molecule has 0 saturated carbocycles. The molecule has 0 saturated heterocycles. The first-order valence-corrected chi connectivity index (χ1v) is 15.0. The van der Waals surface area contributed by atoms with Gasteiger partial charge in [0, 0.05) is 0 Å². The van der Waals surface area contributed by atoms with Crippen LogP contribution in [0.5, 0.6) is 0 Å². The van der Waals surface area contributed by atoms with E-state index in [1.165, 1.54) is 29.3 Å². The normalized spacial score (nSPS) is 11.4. The predicted octanol–water partition coefficient (Wildman–Crippen LogP) is 3.34. The topological polar surface area (TPSA) is 0 Å². The van der Waals surface area contributed by atoms with Crippen molar-refractivity contribution in [3.63, 3.8) is 0 Å². The van der Waals surface area contributed by atoms with Crippen molar-refractivity contribution in [2.24, 2.45) is 5.41 Å². The van der Waals surface area contributed by atoms with Crippen LogP contribution in [-0.2, 0) is 0 Å². The molecule has 0 spiro atoms. The molecule has 0 bridgehead atoms. The standard InChI is InChI=1S/C23H24Se3/c1-23(17-24-20-11-5-2-6-12-20,18-25-21-13-7-3-8-14-21)19-26-22-15-9-4-10-16-22/h2-16H,17-19H2,1H3. The first kappa shape index (κ1) is 20.0. The summed E-state index contributed by atoms with van der Waals surface area (Å²) in [6, 6.07) is 33.2. The zero-order valence-corrected chi connectivity index (χ0v) is 20.1. The van der Waals surface area contributed by atoms with Crippen molar-refractivity contribution >= 4 is 58.3 Å². The van der Waals surface area contributed by atoms with Crippen LogP contribution in [0, 0.1) is 5.41 Å². The van der Waals surface area contributed by atoms with Crippen LogP contribution in [0.25, 0.3) is 0 Å². The molecule has 0 fully saturated rings. The molecule has 0 aliphatic carbocycles. The Morgan fingerprint density at radius 1 is 0.500 bits per heavy atom. The fourth-order valence-electron chi connectivity index (χ4n) is 2.45. The van der Waals surface area contributed by atoms with Crippen molar-refractivity contribution in [3.05, 3.63) is 91.0 Å². The summed E-state index contributed by atoms with van der Waals surface area (Å²) in [5.74, 6) is 0. The maximum absolute atomic E-state index is 2.53. The van der Waals surface area contributed by atoms with Gasteiger partial charge in [-0.3, -0.25) is 0 Å². The summed E-state index contributed by atoms with van der Waals surface area (Å²) in [6.07, 6.45) is 0. The molecule has 3 heteroatoms. The Morgan fingerprint density at radius 2 is 0.769 bits per heavy atom. The van der Waals surface area contributed by atoms with E-state index in [9.17, 15) is 0 Å². The van der Waals surface area contributed by atoms with E-state index in [1.807, 2.05) is 0 Å². The zero-order chi connectivity index (χ0) is 18.1. The average molecular weight is 537 g/mol. The van der Waals surface area contributed by atoms with Crippen LogP contribution in [0.1, 0.15) is 6.92 Å². The van der Waals surface area contributed by atoms with Gasteiger partial charge in [-0.2, -0.15) is 0 Å². The quantitative estimate of drug-likeness (QED) is 0.368. The van der Waals surface area contributed by atoms with Crippen molar-refractivity contribution in [1.29, 1.82) is 0 Å². The maximum atomic E-state index is 2.53. The van der Waals surface area contributed by atoms with Gasteiger partial charge >= 0.3 is 178 Å². The first-order chi connectivity index (χ1) is 12.7. The molecule has 0 aliphatic heterocycles. The molecular formula is C23H24Se3. The van der Waals surface area contributed by atoms with E-state index in [2.05, 4.69) is 97.9 Å². The molecular weight excluding hydrogens is 513 g/mol. The molecule has 0 atom stereocenters. The summed E-state index contributed by atoms with van der Waals surface area (Å²) in [5.41, 5.74) is 0.446. The Labute approximate surface area is 176 Å². The Morgan fingerprint density at radius 3 is 1.04 bits per heavy atom. The molecule has 0 nitrogen and oxygen atoms in total. The number of rotatable bonds is 9. The fourth-order valence-corrected chi connectivity index (χ4v) is 11.1. The van der Waals surface area contributed by atoms with Crippen LogP contribution in [0.4, 0.5) is 0 Å². The van der Waals surface area contributed by atoms with E-state index in [-0.39, 0.29) is 0 Å². The summed E-state index contributed by atoms with van der Waals surface area (Å²) in [4.78, 5) is 0. The Kier molecular flexibility index (Phi) is 8.08. The van der Waals surface area contributed by atoms with Crippen molar-refractivity contribution in [1.82, 2.24) is 0 Å². The molecule has 3 aromatic carbocycles. The summed E-state index contributed by atoms with van der Waals surface area (Å²) in [6.45, 7) is 2.53. The Balaban J connectivity index is 1.64. The minimum atomic E-state index is 0.446. The van der Waals surface area contributed by atoms with Crippen molar-refractivity contribution in [3.8, 4) is 0 Å². The van der Waals surface area contributed by atoms with E-state index in [0.717, 1.165) is 0 Å². The molecule has 134 valence electrons. The molecule has 3 rings (SSSR count). The second-order valence-electron chi connectivity index (χ2n) is 6.62. The molecule has 0 aromatic heterocycles. The molecule has 0 amide bonds. The van der Waals surface area contributed by atoms with Crippen LogP contribution in [-0.4, -0.2) is 44.9 Å². The molecule has 0 unspecified atom stereocenters. The third-order valence-electron chi connectivity index (χ3n) is 3.99. The monoisotopic (exact) mass is 540 g/mol. The number of hydrogen-bond acceptors (Lipinski definition) is 0. The summed E-state index contributed by atoms with van der Waals surface area (Å²) < 4.78 is 4.60. The molecule has 0 aliphatic rings. The summed E-state index contributed by atoms with van der Waals surface area (Å²) in [7, 11) is 0. The van der Waals surface area contributed by atoms with Gasteiger partial charge in [-0.25, -0.2) is 0 Å². The third kappa shape index (κ3) is 6.75. The van der Waals surface area contributed by atoms with Gasteiger partial charge in [-0.15, -0.1) is 0 Å². The summed E-state index contributed by atoms with van der Waals surface area (Å²) >= 11 is 1.70. The minimum absolute atomic E-state index is 0.446. The van der Waals surface area contributed by atoms with Crippen molar-refractivity contribution < 1.29 is 0 Å². The SMILES string of the molecule is CC(C[Se]c1ccccc1)(C[Se]c1ccccc1)C[Se]c1ccccc1. The van der Waals surface area contributed by atoms with Gasteiger partial charge in [-0.05, 0) is 0 Å². The van der Waals surface area contributed by atoms with E-state index in [0.29, 0.717) is 50.3 Å². The molecule has 26 heavy (non-hydrogen) atoms. The van der Waals surface area contributed by atoms with Crippen LogP contribution in [0.3, 0.4) is 0 Å². The molecule has 0 N–H and O–H groups in total.